The summed E-state index contributed by atoms with van der Waals surface area (Å²) in [5.74, 6) is 0.00133. The van der Waals surface area contributed by atoms with Gasteiger partial charge in [-0.3, -0.25) is 9.69 Å². The molecule has 26 heavy (non-hydrogen) atoms. The third-order valence-corrected chi connectivity index (χ3v) is 5.53. The number of benzene rings is 1. The van der Waals surface area contributed by atoms with Gasteiger partial charge in [-0.2, -0.15) is 0 Å². The minimum Gasteiger partial charge on any atom is -0.353 e. The Morgan fingerprint density at radius 1 is 1.08 bits per heavy atom. The average Bonchev–Trinajstić information content (AvgIpc) is 3.04. The van der Waals surface area contributed by atoms with E-state index in [4.69, 9.17) is 0 Å². The Bertz CT molecular complexity index is 759. The van der Waals surface area contributed by atoms with Crippen molar-refractivity contribution < 1.29 is 4.79 Å². The van der Waals surface area contributed by atoms with E-state index in [9.17, 15) is 4.79 Å². The van der Waals surface area contributed by atoms with E-state index in [1.54, 1.807) is 0 Å². The fourth-order valence-corrected chi connectivity index (χ4v) is 3.55. The first kappa shape index (κ1) is 18.7. The number of piperazine rings is 1. The Morgan fingerprint density at radius 3 is 2.42 bits per heavy atom. The van der Waals surface area contributed by atoms with Crippen molar-refractivity contribution in [3.8, 4) is 0 Å². The van der Waals surface area contributed by atoms with Gasteiger partial charge in [0.1, 0.15) is 0 Å². The number of carbonyl (C=O) groups is 1. The fraction of sp³-hybridized carbons (Fsp3) is 0.476. The van der Waals surface area contributed by atoms with E-state index in [0.717, 1.165) is 37.3 Å². The summed E-state index contributed by atoms with van der Waals surface area (Å²) in [7, 11) is 4.24. The zero-order valence-corrected chi connectivity index (χ0v) is 16.3. The van der Waals surface area contributed by atoms with Crippen LogP contribution in [0.25, 0.3) is 0 Å². The summed E-state index contributed by atoms with van der Waals surface area (Å²) < 4.78 is 2.16. The molecule has 0 spiro atoms. The van der Waals surface area contributed by atoms with E-state index in [1.165, 1.54) is 11.3 Å². The molecule has 1 aromatic heterocycles. The van der Waals surface area contributed by atoms with Crippen molar-refractivity contribution in [1.82, 2.24) is 19.7 Å². The van der Waals surface area contributed by atoms with Gasteiger partial charge in [0.2, 0.25) is 0 Å². The van der Waals surface area contributed by atoms with Crippen LogP contribution < -0.4 is 5.32 Å². The zero-order valence-electron chi connectivity index (χ0n) is 16.3. The van der Waals surface area contributed by atoms with Crippen LogP contribution in [0.5, 0.6) is 0 Å². The van der Waals surface area contributed by atoms with Crippen LogP contribution in [0.3, 0.4) is 0 Å². The number of rotatable bonds is 5. The Morgan fingerprint density at radius 2 is 1.81 bits per heavy atom. The Hall–Kier alpha value is -2.11. The zero-order chi connectivity index (χ0) is 18.7. The highest BCUT2D eigenvalue weighted by Gasteiger charge is 2.26. The lowest BCUT2D eigenvalue weighted by Gasteiger charge is -2.38. The first-order valence-electron chi connectivity index (χ1n) is 9.35. The highest BCUT2D eigenvalue weighted by atomic mass is 16.1. The summed E-state index contributed by atoms with van der Waals surface area (Å²) >= 11 is 0. The highest BCUT2D eigenvalue weighted by molar-refractivity contribution is 5.94. The number of amides is 1. The summed E-state index contributed by atoms with van der Waals surface area (Å²) in [6.45, 7) is 8.89. The predicted octanol–water partition coefficient (Wildman–Crippen LogP) is 2.36. The number of likely N-dealkylation sites (N-methyl/N-ethyl adjacent to an activating group) is 1. The van der Waals surface area contributed by atoms with Crippen LogP contribution in [0.2, 0.25) is 0 Å². The van der Waals surface area contributed by atoms with Crippen molar-refractivity contribution in [3.05, 3.63) is 58.9 Å². The van der Waals surface area contributed by atoms with Gasteiger partial charge in [0.25, 0.3) is 5.91 Å². The molecule has 140 valence electrons. The summed E-state index contributed by atoms with van der Waals surface area (Å²) in [4.78, 5) is 17.5. The number of aromatic nitrogens is 1. The Kier molecular flexibility index (Phi) is 5.79. The van der Waals surface area contributed by atoms with Gasteiger partial charge >= 0.3 is 0 Å². The molecule has 0 bridgehead atoms. The van der Waals surface area contributed by atoms with Crippen molar-refractivity contribution in [2.45, 2.75) is 19.9 Å². The minimum absolute atomic E-state index is 0.00133. The summed E-state index contributed by atoms with van der Waals surface area (Å²) in [6, 6.07) is 10.3. The molecule has 1 aliphatic heterocycles. The number of hydrogen-bond donors (Lipinski definition) is 1. The van der Waals surface area contributed by atoms with Crippen LogP contribution in [0.4, 0.5) is 0 Å². The molecule has 1 atom stereocenters. The van der Waals surface area contributed by atoms with Crippen LogP contribution in [-0.4, -0.2) is 60.0 Å². The van der Waals surface area contributed by atoms with Crippen LogP contribution in [0.15, 0.2) is 36.5 Å². The Balaban J connectivity index is 1.72. The van der Waals surface area contributed by atoms with Crippen LogP contribution in [0.1, 0.15) is 33.2 Å². The van der Waals surface area contributed by atoms with E-state index >= 15 is 0 Å². The monoisotopic (exact) mass is 354 g/mol. The molecule has 0 radical (unpaired) electrons. The van der Waals surface area contributed by atoms with Gasteiger partial charge in [0, 0.05) is 57.2 Å². The van der Waals surface area contributed by atoms with E-state index in [2.05, 4.69) is 59.0 Å². The van der Waals surface area contributed by atoms with Gasteiger partial charge in [-0.25, -0.2) is 0 Å². The van der Waals surface area contributed by atoms with Gasteiger partial charge in [0.15, 0.2) is 0 Å². The van der Waals surface area contributed by atoms with Gasteiger partial charge in [-0.05, 0) is 56.3 Å². The third-order valence-electron chi connectivity index (χ3n) is 5.53. The molecular weight excluding hydrogens is 324 g/mol. The van der Waals surface area contributed by atoms with Crippen molar-refractivity contribution >= 4 is 5.91 Å². The van der Waals surface area contributed by atoms with Gasteiger partial charge < -0.3 is 14.8 Å². The second-order valence-corrected chi connectivity index (χ2v) is 7.41. The molecular formula is C21H30N4O. The number of carbonyl (C=O) groups excluding carboxylic acids is 1. The maximum atomic E-state index is 12.7. The molecule has 1 saturated heterocycles. The minimum atomic E-state index is 0.00133. The SMILES string of the molecule is Cc1ccc(C(=O)NC[C@H](c2cccn2C)N2CCN(C)CC2)cc1C. The first-order valence-corrected chi connectivity index (χ1v) is 9.35. The maximum Gasteiger partial charge on any atom is 0.251 e. The molecule has 0 saturated carbocycles. The number of nitrogens with one attached hydrogen (secondary N) is 1. The topological polar surface area (TPSA) is 40.5 Å². The number of aryl methyl sites for hydroxylation is 3. The molecule has 2 aromatic rings. The predicted molar refractivity (Wildman–Crippen MR) is 105 cm³/mol. The molecule has 5 heteroatoms. The molecule has 3 rings (SSSR count). The molecule has 0 unspecified atom stereocenters. The first-order chi connectivity index (χ1) is 12.5. The lowest BCUT2D eigenvalue weighted by Crippen LogP contribution is -2.48. The van der Waals surface area contributed by atoms with Crippen molar-refractivity contribution in [2.75, 3.05) is 39.8 Å². The van der Waals surface area contributed by atoms with Crippen LogP contribution in [-0.2, 0) is 7.05 Å². The molecule has 2 heterocycles. The quantitative estimate of drug-likeness (QED) is 0.896. The second kappa shape index (κ2) is 8.06. The van der Waals surface area contributed by atoms with Crippen molar-refractivity contribution in [1.29, 1.82) is 0 Å². The van der Waals surface area contributed by atoms with Gasteiger partial charge in [0.05, 0.1) is 6.04 Å². The summed E-state index contributed by atoms with van der Waals surface area (Å²) in [5, 5.41) is 3.16. The highest BCUT2D eigenvalue weighted by Crippen LogP contribution is 2.22. The smallest absolute Gasteiger partial charge is 0.251 e. The van der Waals surface area contributed by atoms with Crippen molar-refractivity contribution in [2.24, 2.45) is 7.05 Å². The average molecular weight is 354 g/mol. The molecule has 1 aliphatic rings. The molecule has 1 N–H and O–H groups in total. The number of nitrogens with zero attached hydrogens (tertiary/aromatic N) is 3. The van der Waals surface area contributed by atoms with E-state index in [-0.39, 0.29) is 11.9 Å². The van der Waals surface area contributed by atoms with Crippen molar-refractivity contribution in [3.63, 3.8) is 0 Å². The third kappa shape index (κ3) is 4.17. The fourth-order valence-electron chi connectivity index (χ4n) is 3.55. The maximum absolute atomic E-state index is 12.7. The van der Waals surface area contributed by atoms with E-state index < -0.39 is 0 Å². The summed E-state index contributed by atoms with van der Waals surface area (Å²) in [5.41, 5.74) is 4.34. The van der Waals surface area contributed by atoms with Crippen LogP contribution in [0, 0.1) is 13.8 Å². The molecule has 5 nitrogen and oxygen atoms in total. The normalized spacial score (nSPS) is 17.2. The van der Waals surface area contributed by atoms with E-state index in [1.807, 2.05) is 25.1 Å². The second-order valence-electron chi connectivity index (χ2n) is 7.41. The van der Waals surface area contributed by atoms with Gasteiger partial charge in [-0.15, -0.1) is 0 Å². The lowest BCUT2D eigenvalue weighted by atomic mass is 10.1. The standard InChI is InChI=1S/C21H30N4O/c1-16-7-8-18(14-17(16)2)21(26)22-15-20(19-6-5-9-24(19)4)25-12-10-23(3)11-13-25/h5-9,14,20H,10-13,15H2,1-4H3,(H,22,26)/t20-/m1/s1. The largest absolute Gasteiger partial charge is 0.353 e. The molecule has 1 fully saturated rings. The Labute approximate surface area is 156 Å². The lowest BCUT2D eigenvalue weighted by molar-refractivity contribution is 0.0877. The van der Waals surface area contributed by atoms with Crippen LogP contribution >= 0.6 is 0 Å². The molecule has 1 aromatic carbocycles. The molecule has 1 amide bonds. The molecule has 0 aliphatic carbocycles. The van der Waals surface area contributed by atoms with Gasteiger partial charge in [-0.1, -0.05) is 6.07 Å². The van der Waals surface area contributed by atoms with E-state index in [0.29, 0.717) is 6.54 Å². The number of hydrogen-bond acceptors (Lipinski definition) is 3. The summed E-state index contributed by atoms with van der Waals surface area (Å²) in [6.07, 6.45) is 2.07.